The van der Waals surface area contributed by atoms with Crippen molar-refractivity contribution in [3.8, 4) is 6.07 Å². The Bertz CT molecular complexity index is 785. The standard InChI is InChI=1S/C29H39NO2/c1-2-8-23-10-14-25(15-11-23)26-16-18-27(19-17-26)29(31)32-28-20-12-24(13-21-28)9-6-4-3-5-7-22-30/h3-5,7,10-11,14-15,24,26-28H,2,6,8-9,12-13,16-21H2,1H3/b4-3+,7-5?/t24?,26-,27-,28?. The predicted molar refractivity (Wildman–Crippen MR) is 130 cm³/mol. The number of benzene rings is 1. The summed E-state index contributed by atoms with van der Waals surface area (Å²) in [5, 5.41) is 8.47. The lowest BCUT2D eigenvalue weighted by atomic mass is 9.78. The number of allylic oxidation sites excluding steroid dienone is 4. The van der Waals surface area contributed by atoms with Crippen LogP contribution in [0.15, 0.2) is 48.6 Å². The van der Waals surface area contributed by atoms with Crippen LogP contribution in [0.25, 0.3) is 0 Å². The Balaban J connectivity index is 1.33. The van der Waals surface area contributed by atoms with Crippen LogP contribution in [0.2, 0.25) is 0 Å². The summed E-state index contributed by atoms with van der Waals surface area (Å²) in [5.41, 5.74) is 2.86. The minimum atomic E-state index is 0.0532. The Labute approximate surface area is 194 Å². The molecule has 0 atom stereocenters. The summed E-state index contributed by atoms with van der Waals surface area (Å²) in [7, 11) is 0. The number of hydrogen-bond donors (Lipinski definition) is 0. The molecule has 2 saturated carbocycles. The highest BCUT2D eigenvalue weighted by Gasteiger charge is 2.31. The van der Waals surface area contributed by atoms with E-state index in [1.165, 1.54) is 30.0 Å². The highest BCUT2D eigenvalue weighted by molar-refractivity contribution is 5.72. The fourth-order valence-electron chi connectivity index (χ4n) is 5.31. The molecule has 2 aliphatic carbocycles. The third kappa shape index (κ3) is 7.66. The number of nitrogens with zero attached hydrogens (tertiary/aromatic N) is 1. The van der Waals surface area contributed by atoms with Crippen LogP contribution < -0.4 is 0 Å². The van der Waals surface area contributed by atoms with E-state index in [0.29, 0.717) is 5.92 Å². The van der Waals surface area contributed by atoms with E-state index >= 15 is 0 Å². The van der Waals surface area contributed by atoms with E-state index < -0.39 is 0 Å². The number of ether oxygens (including phenoxy) is 1. The second-order valence-electron chi connectivity index (χ2n) is 9.61. The molecule has 3 rings (SSSR count). The van der Waals surface area contributed by atoms with Crippen LogP contribution in [0.5, 0.6) is 0 Å². The summed E-state index contributed by atoms with van der Waals surface area (Å²) < 4.78 is 5.94. The molecule has 0 unspecified atom stereocenters. The first-order chi connectivity index (χ1) is 15.7. The van der Waals surface area contributed by atoms with Crippen LogP contribution in [0.4, 0.5) is 0 Å². The molecule has 0 saturated heterocycles. The maximum atomic E-state index is 12.7. The van der Waals surface area contributed by atoms with Crippen molar-refractivity contribution >= 4 is 5.97 Å². The average molecular weight is 434 g/mol. The molecule has 0 aromatic heterocycles. The first-order valence-corrected chi connectivity index (χ1v) is 12.7. The minimum Gasteiger partial charge on any atom is -0.462 e. The van der Waals surface area contributed by atoms with Gasteiger partial charge in [0.1, 0.15) is 6.10 Å². The largest absolute Gasteiger partial charge is 0.462 e. The Morgan fingerprint density at radius 2 is 1.75 bits per heavy atom. The maximum Gasteiger partial charge on any atom is 0.309 e. The molecule has 172 valence electrons. The van der Waals surface area contributed by atoms with Gasteiger partial charge in [0.25, 0.3) is 0 Å². The van der Waals surface area contributed by atoms with E-state index in [0.717, 1.165) is 70.1 Å². The van der Waals surface area contributed by atoms with Gasteiger partial charge in [-0.2, -0.15) is 5.26 Å². The lowest BCUT2D eigenvalue weighted by Crippen LogP contribution is -2.29. The molecule has 2 aliphatic rings. The van der Waals surface area contributed by atoms with Gasteiger partial charge in [-0.1, -0.05) is 55.8 Å². The van der Waals surface area contributed by atoms with Crippen molar-refractivity contribution in [2.45, 2.75) is 96.0 Å². The first kappa shape index (κ1) is 24.3. The molecule has 1 aromatic rings. The van der Waals surface area contributed by atoms with Crippen LogP contribution in [-0.2, 0) is 16.0 Å². The second kappa shape index (κ2) is 13.3. The molecule has 3 nitrogen and oxygen atoms in total. The fraction of sp³-hybridized carbons (Fsp3) is 0.586. The van der Waals surface area contributed by atoms with Gasteiger partial charge in [0.2, 0.25) is 0 Å². The molecule has 1 aromatic carbocycles. The van der Waals surface area contributed by atoms with Gasteiger partial charge in [0.15, 0.2) is 0 Å². The van der Waals surface area contributed by atoms with Crippen molar-refractivity contribution in [2.24, 2.45) is 11.8 Å². The summed E-state index contributed by atoms with van der Waals surface area (Å²) in [6.45, 7) is 2.22. The van der Waals surface area contributed by atoms with Gasteiger partial charge in [-0.25, -0.2) is 0 Å². The molecule has 3 heteroatoms. The maximum absolute atomic E-state index is 12.7. The van der Waals surface area contributed by atoms with Crippen LogP contribution >= 0.6 is 0 Å². The molecule has 0 N–H and O–H groups in total. The van der Waals surface area contributed by atoms with Crippen molar-refractivity contribution in [1.82, 2.24) is 0 Å². The zero-order chi connectivity index (χ0) is 22.6. The topological polar surface area (TPSA) is 50.1 Å². The SMILES string of the molecule is CCCc1ccc([C@H]2CC[C@H](C(=O)OC3CCC(CC/C=C/C=CC#N)CC3)CC2)cc1. The minimum absolute atomic E-state index is 0.0532. The van der Waals surface area contributed by atoms with Crippen molar-refractivity contribution < 1.29 is 9.53 Å². The third-order valence-electron chi connectivity index (χ3n) is 7.29. The normalized spacial score (nSPS) is 26.2. The van der Waals surface area contributed by atoms with Gasteiger partial charge in [-0.15, -0.1) is 0 Å². The Hall–Kier alpha value is -2.34. The van der Waals surface area contributed by atoms with E-state index in [9.17, 15) is 4.79 Å². The van der Waals surface area contributed by atoms with Crippen molar-refractivity contribution in [3.63, 3.8) is 0 Å². The molecule has 32 heavy (non-hydrogen) atoms. The molecular formula is C29H39NO2. The molecule has 0 radical (unpaired) electrons. The van der Waals surface area contributed by atoms with Crippen molar-refractivity contribution in [3.05, 3.63) is 59.7 Å². The van der Waals surface area contributed by atoms with E-state index in [-0.39, 0.29) is 18.0 Å². The number of carbonyl (C=O) groups excluding carboxylic acids is 1. The predicted octanol–water partition coefficient (Wildman–Crippen LogP) is 7.43. The van der Waals surface area contributed by atoms with Gasteiger partial charge < -0.3 is 4.74 Å². The number of rotatable bonds is 9. The van der Waals surface area contributed by atoms with Crippen molar-refractivity contribution in [1.29, 1.82) is 5.26 Å². The molecule has 0 aliphatic heterocycles. The van der Waals surface area contributed by atoms with E-state index in [4.69, 9.17) is 10.00 Å². The monoisotopic (exact) mass is 433 g/mol. The number of esters is 1. The second-order valence-corrected chi connectivity index (χ2v) is 9.61. The summed E-state index contributed by atoms with van der Waals surface area (Å²) >= 11 is 0. The van der Waals surface area contributed by atoms with E-state index in [1.54, 1.807) is 6.08 Å². The summed E-state index contributed by atoms with van der Waals surface area (Å²) in [4.78, 5) is 12.7. The Morgan fingerprint density at radius 1 is 1.03 bits per heavy atom. The molecule has 2 fully saturated rings. The van der Waals surface area contributed by atoms with Gasteiger partial charge >= 0.3 is 5.97 Å². The van der Waals surface area contributed by atoms with Crippen molar-refractivity contribution in [2.75, 3.05) is 0 Å². The van der Waals surface area contributed by atoms with Gasteiger partial charge in [-0.3, -0.25) is 4.79 Å². The number of aryl methyl sites for hydroxylation is 1. The van der Waals surface area contributed by atoms with Gasteiger partial charge in [0, 0.05) is 6.08 Å². The van der Waals surface area contributed by atoms with E-state index in [1.807, 2.05) is 12.1 Å². The fourth-order valence-corrected chi connectivity index (χ4v) is 5.31. The zero-order valence-corrected chi connectivity index (χ0v) is 19.7. The average Bonchev–Trinajstić information content (AvgIpc) is 2.83. The molecule has 0 bridgehead atoms. The van der Waals surface area contributed by atoms with Gasteiger partial charge in [-0.05, 0) is 93.6 Å². The summed E-state index contributed by atoms with van der Waals surface area (Å²) in [5.74, 6) is 1.47. The van der Waals surface area contributed by atoms with Crippen LogP contribution in [0.3, 0.4) is 0 Å². The number of hydrogen-bond acceptors (Lipinski definition) is 3. The van der Waals surface area contributed by atoms with Crippen LogP contribution in [0, 0.1) is 23.2 Å². The summed E-state index contributed by atoms with van der Waals surface area (Å²) in [6.07, 6.45) is 20.5. The lowest BCUT2D eigenvalue weighted by Gasteiger charge is -2.31. The first-order valence-electron chi connectivity index (χ1n) is 12.7. The van der Waals surface area contributed by atoms with Crippen LogP contribution in [-0.4, -0.2) is 12.1 Å². The molecular weight excluding hydrogens is 394 g/mol. The Kier molecular flexibility index (Phi) is 10.1. The van der Waals surface area contributed by atoms with Crippen LogP contribution in [0.1, 0.15) is 94.6 Å². The summed E-state index contributed by atoms with van der Waals surface area (Å²) in [6, 6.07) is 11.1. The quantitative estimate of drug-likeness (QED) is 0.231. The molecule has 0 heterocycles. The smallest absolute Gasteiger partial charge is 0.309 e. The lowest BCUT2D eigenvalue weighted by molar-refractivity contribution is -0.157. The highest BCUT2D eigenvalue weighted by atomic mass is 16.5. The zero-order valence-electron chi connectivity index (χ0n) is 19.7. The molecule has 0 spiro atoms. The highest BCUT2D eigenvalue weighted by Crippen LogP contribution is 2.37. The van der Waals surface area contributed by atoms with E-state index in [2.05, 4.69) is 37.3 Å². The number of carbonyl (C=O) groups is 1. The number of nitriles is 1. The third-order valence-corrected chi connectivity index (χ3v) is 7.29. The van der Waals surface area contributed by atoms with Gasteiger partial charge in [0.05, 0.1) is 12.0 Å². The molecule has 0 amide bonds. The Morgan fingerprint density at radius 3 is 2.41 bits per heavy atom.